The number of benzene rings is 1. The van der Waals surface area contributed by atoms with Crippen molar-refractivity contribution in [3.8, 4) is 20.2 Å². The Hall–Kier alpha value is -1.38. The van der Waals surface area contributed by atoms with Gasteiger partial charge in [0.25, 0.3) is 0 Å². The first-order valence-electron chi connectivity index (χ1n) is 6.46. The summed E-state index contributed by atoms with van der Waals surface area (Å²) in [6.07, 6.45) is 0. The summed E-state index contributed by atoms with van der Waals surface area (Å²) in [6.45, 7) is 4.68. The maximum atomic E-state index is 2.39. The van der Waals surface area contributed by atoms with Gasteiger partial charge < -0.3 is 0 Å². The van der Waals surface area contributed by atoms with Gasteiger partial charge in [0.15, 0.2) is 0 Å². The molecule has 2 heterocycles. The van der Waals surface area contributed by atoms with E-state index in [9.17, 15) is 0 Å². The molecule has 0 unspecified atom stereocenters. The minimum absolute atomic E-state index is 0.161. The number of thiophene rings is 2. The first-order chi connectivity index (χ1) is 9.18. The van der Waals surface area contributed by atoms with Crippen LogP contribution in [0.15, 0.2) is 47.8 Å². The summed E-state index contributed by atoms with van der Waals surface area (Å²) < 4.78 is 0. The lowest BCUT2D eigenvalue weighted by molar-refractivity contribution is 0.663. The third-order valence-electron chi connectivity index (χ3n) is 4.01. The Balaban J connectivity index is 1.94. The second-order valence-electron chi connectivity index (χ2n) is 5.51. The van der Waals surface area contributed by atoms with E-state index < -0.39 is 0 Å². The summed E-state index contributed by atoms with van der Waals surface area (Å²) in [6, 6.07) is 15.4. The van der Waals surface area contributed by atoms with Gasteiger partial charge in [-0.15, -0.1) is 22.7 Å². The van der Waals surface area contributed by atoms with Crippen LogP contribution in [0, 0.1) is 0 Å². The molecule has 1 aromatic carbocycles. The highest BCUT2D eigenvalue weighted by Gasteiger charge is 2.38. The smallest absolute Gasteiger partial charge is 0.0493 e. The molecule has 94 valence electrons. The van der Waals surface area contributed by atoms with E-state index in [0.29, 0.717) is 0 Å². The molecule has 0 atom stereocenters. The zero-order chi connectivity index (χ0) is 13.0. The van der Waals surface area contributed by atoms with E-state index in [2.05, 4.69) is 61.7 Å². The standard InChI is InChI=1S/C17H14S2/c1-17(2)12-8-9-18-15(12)16-13(17)10-14(19-16)11-6-4-3-5-7-11/h3-10H,1-2H3. The molecule has 2 aromatic heterocycles. The van der Waals surface area contributed by atoms with E-state index in [1.165, 1.54) is 31.3 Å². The van der Waals surface area contributed by atoms with Crippen molar-refractivity contribution in [3.05, 3.63) is 59.0 Å². The second kappa shape index (κ2) is 3.81. The lowest BCUT2D eigenvalue weighted by Gasteiger charge is -2.18. The predicted octanol–water partition coefficient (Wildman–Crippen LogP) is 5.78. The minimum Gasteiger partial charge on any atom is -0.143 e. The fraction of sp³-hybridized carbons (Fsp3) is 0.176. The van der Waals surface area contributed by atoms with Crippen molar-refractivity contribution >= 4 is 22.7 Å². The zero-order valence-electron chi connectivity index (χ0n) is 10.9. The first kappa shape index (κ1) is 11.4. The Morgan fingerprint density at radius 3 is 2.47 bits per heavy atom. The van der Waals surface area contributed by atoms with Gasteiger partial charge in [-0.05, 0) is 34.2 Å². The molecule has 0 saturated heterocycles. The van der Waals surface area contributed by atoms with Crippen LogP contribution in [-0.4, -0.2) is 0 Å². The van der Waals surface area contributed by atoms with Crippen molar-refractivity contribution in [3.63, 3.8) is 0 Å². The molecule has 0 aliphatic heterocycles. The normalized spacial score (nSPS) is 15.3. The van der Waals surface area contributed by atoms with Crippen molar-refractivity contribution in [1.82, 2.24) is 0 Å². The van der Waals surface area contributed by atoms with Crippen LogP contribution >= 0.6 is 22.7 Å². The minimum atomic E-state index is 0.161. The van der Waals surface area contributed by atoms with Crippen LogP contribution in [0.25, 0.3) is 20.2 Å². The molecule has 4 rings (SSSR count). The lowest BCUT2D eigenvalue weighted by Crippen LogP contribution is -2.13. The van der Waals surface area contributed by atoms with Crippen molar-refractivity contribution in [1.29, 1.82) is 0 Å². The molecule has 19 heavy (non-hydrogen) atoms. The molecular formula is C17H14S2. The molecule has 3 aromatic rings. The van der Waals surface area contributed by atoms with E-state index in [-0.39, 0.29) is 5.41 Å². The number of fused-ring (bicyclic) bond motifs is 3. The van der Waals surface area contributed by atoms with Gasteiger partial charge in [-0.25, -0.2) is 0 Å². The van der Waals surface area contributed by atoms with E-state index in [4.69, 9.17) is 0 Å². The highest BCUT2D eigenvalue weighted by molar-refractivity contribution is 7.23. The summed E-state index contributed by atoms with van der Waals surface area (Å²) in [5.41, 5.74) is 4.49. The van der Waals surface area contributed by atoms with Gasteiger partial charge in [-0.2, -0.15) is 0 Å². The molecule has 0 radical (unpaired) electrons. The number of hydrogen-bond donors (Lipinski definition) is 0. The van der Waals surface area contributed by atoms with Gasteiger partial charge in [-0.1, -0.05) is 44.2 Å². The fourth-order valence-electron chi connectivity index (χ4n) is 2.89. The molecule has 0 spiro atoms. The van der Waals surface area contributed by atoms with Gasteiger partial charge in [0.1, 0.15) is 0 Å². The summed E-state index contributed by atoms with van der Waals surface area (Å²) in [5, 5.41) is 2.22. The van der Waals surface area contributed by atoms with Crippen molar-refractivity contribution in [2.24, 2.45) is 0 Å². The Morgan fingerprint density at radius 1 is 0.895 bits per heavy atom. The molecule has 0 saturated carbocycles. The summed E-state index contributed by atoms with van der Waals surface area (Å²) in [4.78, 5) is 4.35. The van der Waals surface area contributed by atoms with Gasteiger partial charge >= 0.3 is 0 Å². The Kier molecular flexibility index (Phi) is 2.30. The quantitative estimate of drug-likeness (QED) is 0.530. The zero-order valence-corrected chi connectivity index (χ0v) is 12.6. The summed E-state index contributed by atoms with van der Waals surface area (Å²) in [7, 11) is 0. The van der Waals surface area contributed by atoms with Crippen LogP contribution in [0.4, 0.5) is 0 Å². The van der Waals surface area contributed by atoms with Gasteiger partial charge in [0, 0.05) is 20.0 Å². The molecule has 0 bridgehead atoms. The molecule has 0 fully saturated rings. The molecule has 1 aliphatic rings. The van der Waals surface area contributed by atoms with E-state index in [0.717, 1.165) is 0 Å². The van der Waals surface area contributed by atoms with Crippen LogP contribution in [0.5, 0.6) is 0 Å². The highest BCUT2D eigenvalue weighted by atomic mass is 32.1. The molecule has 0 N–H and O–H groups in total. The van der Waals surface area contributed by atoms with Gasteiger partial charge in [0.2, 0.25) is 0 Å². The maximum absolute atomic E-state index is 2.39. The Labute approximate surface area is 121 Å². The monoisotopic (exact) mass is 282 g/mol. The van der Waals surface area contributed by atoms with Gasteiger partial charge in [0.05, 0.1) is 0 Å². The van der Waals surface area contributed by atoms with Gasteiger partial charge in [-0.3, -0.25) is 0 Å². The Morgan fingerprint density at radius 2 is 1.68 bits per heavy atom. The lowest BCUT2D eigenvalue weighted by atomic mass is 9.84. The van der Waals surface area contributed by atoms with Crippen molar-refractivity contribution < 1.29 is 0 Å². The molecular weight excluding hydrogens is 268 g/mol. The maximum Gasteiger partial charge on any atom is 0.0493 e. The summed E-state index contributed by atoms with van der Waals surface area (Å²) in [5.74, 6) is 0. The number of hydrogen-bond acceptors (Lipinski definition) is 2. The van der Waals surface area contributed by atoms with E-state index >= 15 is 0 Å². The van der Waals surface area contributed by atoms with Crippen molar-refractivity contribution in [2.75, 3.05) is 0 Å². The van der Waals surface area contributed by atoms with Crippen LogP contribution in [0.3, 0.4) is 0 Å². The molecule has 0 nitrogen and oxygen atoms in total. The van der Waals surface area contributed by atoms with E-state index in [1.807, 2.05) is 22.7 Å². The third-order valence-corrected chi connectivity index (χ3v) is 6.27. The first-order valence-corrected chi connectivity index (χ1v) is 8.15. The molecule has 0 amide bonds. The molecule has 1 aliphatic carbocycles. The largest absolute Gasteiger partial charge is 0.143 e. The van der Waals surface area contributed by atoms with Crippen LogP contribution in [-0.2, 0) is 5.41 Å². The number of rotatable bonds is 1. The average molecular weight is 282 g/mol. The second-order valence-corrected chi connectivity index (χ2v) is 7.48. The van der Waals surface area contributed by atoms with Crippen LogP contribution in [0.2, 0.25) is 0 Å². The molecule has 2 heteroatoms. The Bertz CT molecular complexity index is 745. The average Bonchev–Trinajstić information content (AvgIpc) is 3.09. The van der Waals surface area contributed by atoms with Crippen LogP contribution < -0.4 is 0 Å². The predicted molar refractivity (Wildman–Crippen MR) is 85.2 cm³/mol. The topological polar surface area (TPSA) is 0 Å². The third kappa shape index (κ3) is 1.50. The van der Waals surface area contributed by atoms with Crippen LogP contribution in [0.1, 0.15) is 25.0 Å². The highest BCUT2D eigenvalue weighted by Crippen LogP contribution is 2.55. The SMILES string of the molecule is CC1(C)c2ccsc2-c2sc(-c3ccccc3)cc21. The fourth-order valence-corrected chi connectivity index (χ4v) is 5.44. The summed E-state index contributed by atoms with van der Waals surface area (Å²) >= 11 is 3.81. The van der Waals surface area contributed by atoms with Crippen molar-refractivity contribution in [2.45, 2.75) is 19.3 Å². The van der Waals surface area contributed by atoms with E-state index in [1.54, 1.807) is 0 Å².